The van der Waals surface area contributed by atoms with E-state index in [1.807, 2.05) is 24.3 Å². The average Bonchev–Trinajstić information content (AvgIpc) is 2.83. The quantitative estimate of drug-likeness (QED) is 0.187. The van der Waals surface area contributed by atoms with Crippen molar-refractivity contribution in [3.05, 3.63) is 72.8 Å². The Morgan fingerprint density at radius 1 is 0.625 bits per heavy atom. The van der Waals surface area contributed by atoms with E-state index in [-0.39, 0.29) is 0 Å². The number of allylic oxidation sites excluding steroid dienone is 2. The van der Waals surface area contributed by atoms with Crippen molar-refractivity contribution in [3.8, 4) is 0 Å². The van der Waals surface area contributed by atoms with Crippen molar-refractivity contribution in [2.24, 2.45) is 9.98 Å². The summed E-state index contributed by atoms with van der Waals surface area (Å²) in [5, 5.41) is 0. The molecule has 0 amide bonds. The van der Waals surface area contributed by atoms with Crippen LogP contribution in [-0.2, 0) is 0 Å². The summed E-state index contributed by atoms with van der Waals surface area (Å²) in [5.74, 6) is 0. The van der Waals surface area contributed by atoms with E-state index in [0.717, 1.165) is 42.1 Å². The molecule has 0 unspecified atom stereocenters. The summed E-state index contributed by atoms with van der Waals surface area (Å²) < 4.78 is 0. The van der Waals surface area contributed by atoms with E-state index in [0.29, 0.717) is 0 Å². The van der Waals surface area contributed by atoms with Crippen LogP contribution in [0.2, 0.25) is 0 Å². The summed E-state index contributed by atoms with van der Waals surface area (Å²) in [6.45, 7) is 4.53. The van der Waals surface area contributed by atoms with Crippen LogP contribution in [0.4, 0.5) is 11.4 Å². The maximum Gasteiger partial charge on any atom is 0.0848 e. The zero-order chi connectivity index (χ0) is 22.7. The van der Waals surface area contributed by atoms with Gasteiger partial charge in [-0.2, -0.15) is 0 Å². The Bertz CT molecular complexity index is 803. The van der Waals surface area contributed by atoms with Crippen LogP contribution in [0.1, 0.15) is 90.9 Å². The third kappa shape index (κ3) is 11.2. The zero-order valence-corrected chi connectivity index (χ0v) is 20.3. The largest absolute Gasteiger partial charge is 0.251 e. The normalized spacial score (nSPS) is 12.6. The lowest BCUT2D eigenvalue weighted by Gasteiger charge is -2.09. The molecule has 2 nitrogen and oxygen atoms in total. The maximum atomic E-state index is 5.05. The Labute approximate surface area is 196 Å². The first kappa shape index (κ1) is 25.8. The monoisotopic (exact) mass is 430 g/mol. The summed E-state index contributed by atoms with van der Waals surface area (Å²) in [4.78, 5) is 10.1. The van der Waals surface area contributed by atoms with E-state index >= 15 is 0 Å². The Hall–Kier alpha value is -2.48. The van der Waals surface area contributed by atoms with Gasteiger partial charge in [0, 0.05) is 0 Å². The lowest BCUT2D eigenvalue weighted by molar-refractivity contribution is 0.616. The first-order chi connectivity index (χ1) is 15.8. The maximum absolute atomic E-state index is 5.05. The third-order valence-corrected chi connectivity index (χ3v) is 5.59. The van der Waals surface area contributed by atoms with Gasteiger partial charge < -0.3 is 0 Å². The highest BCUT2D eigenvalue weighted by atomic mass is 14.8. The Morgan fingerprint density at radius 2 is 1.16 bits per heavy atom. The number of rotatable bonds is 16. The van der Waals surface area contributed by atoms with Crippen molar-refractivity contribution in [1.82, 2.24) is 0 Å². The molecule has 0 fully saturated rings. The molecule has 0 radical (unpaired) electrons. The zero-order valence-electron chi connectivity index (χ0n) is 20.3. The molecular formula is C30H42N2. The van der Waals surface area contributed by atoms with Crippen LogP contribution in [0.25, 0.3) is 0 Å². The second-order valence-electron chi connectivity index (χ2n) is 8.50. The van der Waals surface area contributed by atoms with Crippen molar-refractivity contribution >= 4 is 22.8 Å². The molecule has 2 aromatic carbocycles. The summed E-state index contributed by atoms with van der Waals surface area (Å²) in [7, 11) is 0. The number of nitrogens with zero attached hydrogens (tertiary/aromatic N) is 2. The van der Waals surface area contributed by atoms with Gasteiger partial charge in [-0.3, -0.25) is 4.99 Å². The summed E-state index contributed by atoms with van der Waals surface area (Å²) in [5.41, 5.74) is 4.09. The lowest BCUT2D eigenvalue weighted by Crippen LogP contribution is -2.12. The second-order valence-corrected chi connectivity index (χ2v) is 8.50. The summed E-state index contributed by atoms with van der Waals surface area (Å²) in [6.07, 6.45) is 19.4. The van der Waals surface area contributed by atoms with Gasteiger partial charge >= 0.3 is 0 Å². The van der Waals surface area contributed by atoms with Crippen molar-refractivity contribution in [1.29, 1.82) is 0 Å². The fourth-order valence-electron chi connectivity index (χ4n) is 3.70. The topological polar surface area (TPSA) is 24.7 Å². The van der Waals surface area contributed by atoms with Gasteiger partial charge in [-0.15, -0.1) is 0 Å². The number of benzene rings is 2. The SMILES string of the molecule is CCCCCCC=CC(=Nc1ccccc1)C(CCCCCCCC)=Nc1ccccc1. The average molecular weight is 431 g/mol. The van der Waals surface area contributed by atoms with Crippen LogP contribution in [0.15, 0.2) is 82.8 Å². The molecule has 2 rings (SSSR count). The Kier molecular flexibility index (Phi) is 13.8. The molecule has 0 aliphatic carbocycles. The third-order valence-electron chi connectivity index (χ3n) is 5.59. The number of hydrogen-bond donors (Lipinski definition) is 0. The number of hydrogen-bond acceptors (Lipinski definition) is 2. The summed E-state index contributed by atoms with van der Waals surface area (Å²) in [6, 6.07) is 20.6. The van der Waals surface area contributed by atoms with Crippen LogP contribution in [0.5, 0.6) is 0 Å². The van der Waals surface area contributed by atoms with Crippen molar-refractivity contribution in [2.45, 2.75) is 90.9 Å². The first-order valence-corrected chi connectivity index (χ1v) is 12.8. The van der Waals surface area contributed by atoms with E-state index in [2.05, 4.69) is 62.4 Å². The van der Waals surface area contributed by atoms with Crippen LogP contribution in [-0.4, -0.2) is 11.4 Å². The molecule has 2 heteroatoms. The van der Waals surface area contributed by atoms with Crippen LogP contribution < -0.4 is 0 Å². The highest BCUT2D eigenvalue weighted by Gasteiger charge is 2.08. The molecule has 0 N–H and O–H groups in total. The number of aliphatic imine (C=N–C) groups is 2. The minimum absolute atomic E-state index is 0.965. The predicted octanol–water partition coefficient (Wildman–Crippen LogP) is 9.81. The molecule has 0 aliphatic rings. The molecule has 172 valence electrons. The molecule has 0 atom stereocenters. The van der Waals surface area contributed by atoms with E-state index in [4.69, 9.17) is 9.98 Å². The summed E-state index contributed by atoms with van der Waals surface area (Å²) >= 11 is 0. The number of unbranched alkanes of at least 4 members (excludes halogenated alkanes) is 9. The van der Waals surface area contributed by atoms with Crippen LogP contribution in [0, 0.1) is 0 Å². The molecule has 0 saturated heterocycles. The van der Waals surface area contributed by atoms with Gasteiger partial charge in [0.2, 0.25) is 0 Å². The van der Waals surface area contributed by atoms with E-state index in [9.17, 15) is 0 Å². The lowest BCUT2D eigenvalue weighted by atomic mass is 10.0. The molecule has 0 aliphatic heterocycles. The molecule has 32 heavy (non-hydrogen) atoms. The van der Waals surface area contributed by atoms with Crippen LogP contribution in [0.3, 0.4) is 0 Å². The Balaban J connectivity index is 2.20. The van der Waals surface area contributed by atoms with Gasteiger partial charge in [0.15, 0.2) is 0 Å². The van der Waals surface area contributed by atoms with Gasteiger partial charge in [-0.05, 0) is 56.0 Å². The minimum atomic E-state index is 0.965. The van der Waals surface area contributed by atoms with Gasteiger partial charge in [0.05, 0.1) is 22.8 Å². The molecule has 0 spiro atoms. The highest BCUT2D eigenvalue weighted by molar-refractivity contribution is 6.47. The minimum Gasteiger partial charge on any atom is -0.251 e. The van der Waals surface area contributed by atoms with Crippen molar-refractivity contribution in [3.63, 3.8) is 0 Å². The smallest absolute Gasteiger partial charge is 0.0848 e. The Morgan fingerprint density at radius 3 is 1.78 bits per heavy atom. The molecular weight excluding hydrogens is 388 g/mol. The first-order valence-electron chi connectivity index (χ1n) is 12.8. The second kappa shape index (κ2) is 17.1. The standard InChI is InChI=1S/C30H42N2/c1-3-5-7-9-11-19-25-29(31-27-21-15-13-16-22-27)30(26-20-12-10-8-6-4-2)32-28-23-17-14-18-24-28/h13-19,21-25H,3-12,20,26H2,1-2H3. The van der Waals surface area contributed by atoms with Crippen molar-refractivity contribution < 1.29 is 0 Å². The molecule has 2 aromatic rings. The highest BCUT2D eigenvalue weighted by Crippen LogP contribution is 2.18. The van der Waals surface area contributed by atoms with Gasteiger partial charge in [0.25, 0.3) is 0 Å². The fraction of sp³-hybridized carbons (Fsp3) is 0.467. The van der Waals surface area contributed by atoms with Gasteiger partial charge in [-0.25, -0.2) is 4.99 Å². The fourth-order valence-corrected chi connectivity index (χ4v) is 3.70. The molecule has 0 heterocycles. The molecule has 0 aromatic heterocycles. The van der Waals surface area contributed by atoms with Gasteiger partial charge in [-0.1, -0.05) is 108 Å². The van der Waals surface area contributed by atoms with E-state index in [1.54, 1.807) is 0 Å². The molecule has 0 saturated carbocycles. The predicted molar refractivity (Wildman–Crippen MR) is 143 cm³/mol. The van der Waals surface area contributed by atoms with Gasteiger partial charge in [0.1, 0.15) is 0 Å². The van der Waals surface area contributed by atoms with Crippen molar-refractivity contribution in [2.75, 3.05) is 0 Å². The van der Waals surface area contributed by atoms with Crippen LogP contribution >= 0.6 is 0 Å². The number of para-hydroxylation sites is 2. The molecule has 0 bridgehead atoms. The van der Waals surface area contributed by atoms with E-state index in [1.165, 1.54) is 57.8 Å². The van der Waals surface area contributed by atoms with E-state index < -0.39 is 0 Å².